The summed E-state index contributed by atoms with van der Waals surface area (Å²) < 4.78 is 7.75. The minimum absolute atomic E-state index is 0.140. The zero-order chi connectivity index (χ0) is 24.8. The van der Waals surface area contributed by atoms with Gasteiger partial charge in [0, 0.05) is 13.1 Å². The number of nitrogens with one attached hydrogen (secondary N) is 2. The first-order valence-electron chi connectivity index (χ1n) is 11.1. The highest BCUT2D eigenvalue weighted by Crippen LogP contribution is 2.24. The highest BCUT2D eigenvalue weighted by molar-refractivity contribution is 9.10. The average Bonchev–Trinajstić information content (AvgIpc) is 3.44. The van der Waals surface area contributed by atoms with Gasteiger partial charge in [0.15, 0.2) is 5.82 Å². The van der Waals surface area contributed by atoms with Crippen LogP contribution in [0.2, 0.25) is 0 Å². The smallest absolute Gasteiger partial charge is 0.316 e. The van der Waals surface area contributed by atoms with Crippen LogP contribution in [0.3, 0.4) is 0 Å². The van der Waals surface area contributed by atoms with Crippen LogP contribution in [0.1, 0.15) is 44.9 Å². The van der Waals surface area contributed by atoms with Crippen molar-refractivity contribution >= 4 is 27.7 Å². The van der Waals surface area contributed by atoms with Gasteiger partial charge in [0.05, 0.1) is 21.8 Å². The number of rotatable bonds is 9. The van der Waals surface area contributed by atoms with Gasteiger partial charge in [-0.2, -0.15) is 10.1 Å². The highest BCUT2D eigenvalue weighted by Gasteiger charge is 2.22. The van der Waals surface area contributed by atoms with Crippen molar-refractivity contribution in [2.75, 3.05) is 13.1 Å². The average molecular weight is 537 g/mol. The van der Waals surface area contributed by atoms with Crippen LogP contribution >= 0.6 is 15.9 Å². The molecule has 2 N–H and O–H groups in total. The Morgan fingerprint density at radius 2 is 1.57 bits per heavy atom. The van der Waals surface area contributed by atoms with Crippen molar-refractivity contribution in [1.82, 2.24) is 30.6 Å². The highest BCUT2D eigenvalue weighted by atomic mass is 79.9. The fourth-order valence-electron chi connectivity index (χ4n) is 3.70. The maximum absolute atomic E-state index is 13.0. The van der Waals surface area contributed by atoms with Gasteiger partial charge in [-0.25, -0.2) is 0 Å². The number of aromatic nitrogens is 4. The second kappa shape index (κ2) is 11.1. The molecule has 0 atom stereocenters. The molecule has 0 aliphatic heterocycles. The van der Waals surface area contributed by atoms with Gasteiger partial charge < -0.3 is 15.2 Å². The van der Waals surface area contributed by atoms with Crippen molar-refractivity contribution in [1.29, 1.82) is 0 Å². The van der Waals surface area contributed by atoms with Gasteiger partial charge in [-0.05, 0) is 40.9 Å². The Morgan fingerprint density at radius 1 is 0.971 bits per heavy atom. The van der Waals surface area contributed by atoms with E-state index in [0.717, 1.165) is 27.0 Å². The molecule has 0 aliphatic rings. The Labute approximate surface area is 211 Å². The lowest BCUT2D eigenvalue weighted by Gasteiger charge is -2.18. The van der Waals surface area contributed by atoms with Crippen LogP contribution in [-0.4, -0.2) is 44.8 Å². The van der Waals surface area contributed by atoms with E-state index in [0.29, 0.717) is 5.82 Å². The Kier molecular flexibility index (Phi) is 7.71. The molecule has 0 radical (unpaired) electrons. The molecule has 4 aromatic rings. The van der Waals surface area contributed by atoms with E-state index in [1.807, 2.05) is 74.5 Å². The molecule has 2 heterocycles. The van der Waals surface area contributed by atoms with Gasteiger partial charge in [-0.1, -0.05) is 65.8 Å². The molecule has 9 nitrogen and oxygen atoms in total. The van der Waals surface area contributed by atoms with Crippen molar-refractivity contribution in [2.45, 2.75) is 26.3 Å². The molecule has 0 saturated heterocycles. The third-order valence-corrected chi connectivity index (χ3v) is 6.63. The lowest BCUT2D eigenvalue weighted by atomic mass is 9.90. The monoisotopic (exact) mass is 536 g/mol. The number of amides is 2. The van der Waals surface area contributed by atoms with Crippen molar-refractivity contribution in [3.63, 3.8) is 0 Å². The van der Waals surface area contributed by atoms with Crippen molar-refractivity contribution in [3.8, 4) is 0 Å². The molecule has 2 aromatic carbocycles. The van der Waals surface area contributed by atoms with E-state index >= 15 is 0 Å². The van der Waals surface area contributed by atoms with Crippen molar-refractivity contribution in [3.05, 3.63) is 99.4 Å². The van der Waals surface area contributed by atoms with E-state index in [-0.39, 0.29) is 31.4 Å². The van der Waals surface area contributed by atoms with Gasteiger partial charge >= 0.3 is 11.8 Å². The Bertz CT molecular complexity index is 1260. The van der Waals surface area contributed by atoms with Gasteiger partial charge in [0.25, 0.3) is 0 Å². The summed E-state index contributed by atoms with van der Waals surface area (Å²) in [5.74, 6) is -0.891. The van der Waals surface area contributed by atoms with Crippen LogP contribution < -0.4 is 10.6 Å². The summed E-state index contributed by atoms with van der Waals surface area (Å²) in [6, 6.07) is 19.2. The lowest BCUT2D eigenvalue weighted by molar-refractivity contribution is -0.121. The van der Waals surface area contributed by atoms with Crippen LogP contribution in [0.15, 0.2) is 69.7 Å². The summed E-state index contributed by atoms with van der Waals surface area (Å²) in [6.07, 6.45) is 0. The normalized spacial score (nSPS) is 11.0. The second-order valence-electron chi connectivity index (χ2n) is 7.96. The number of carbonyl (C=O) groups excluding carboxylic acids is 2. The number of hydrogen-bond donors (Lipinski definition) is 2. The van der Waals surface area contributed by atoms with E-state index < -0.39 is 11.8 Å². The number of hydrogen-bond acceptors (Lipinski definition) is 6. The molecule has 2 amide bonds. The molecule has 4 rings (SSSR count). The number of nitrogens with zero attached hydrogens (tertiary/aromatic N) is 4. The Hall–Kier alpha value is -3.79. The summed E-state index contributed by atoms with van der Waals surface area (Å²) in [7, 11) is 0. The van der Waals surface area contributed by atoms with Crippen LogP contribution in [0.25, 0.3) is 0 Å². The third-order valence-electron chi connectivity index (χ3n) is 5.48. The summed E-state index contributed by atoms with van der Waals surface area (Å²) in [6.45, 7) is 4.56. The standard InChI is InChI=1S/C25H25BrN6O3/c1-16-22(26)17(2)32(30-16)15-20-29-25(35-31-20)24(34)28-14-13-27-23(33)21(18-9-5-3-6-10-18)19-11-7-4-8-12-19/h3-12,21H,13-15H2,1-2H3,(H,27,33)(H,28,34). The topological polar surface area (TPSA) is 115 Å². The molecule has 0 fully saturated rings. The van der Waals surface area contributed by atoms with Crippen molar-refractivity contribution in [2.24, 2.45) is 0 Å². The summed E-state index contributed by atoms with van der Waals surface area (Å²) >= 11 is 3.48. The van der Waals surface area contributed by atoms with Crippen LogP contribution in [0, 0.1) is 13.8 Å². The van der Waals surface area contributed by atoms with E-state index in [2.05, 4.69) is 41.8 Å². The molecule has 10 heteroatoms. The third kappa shape index (κ3) is 5.83. The summed E-state index contributed by atoms with van der Waals surface area (Å²) in [5.41, 5.74) is 3.58. The number of halogens is 1. The van der Waals surface area contributed by atoms with Crippen molar-refractivity contribution < 1.29 is 14.1 Å². The van der Waals surface area contributed by atoms with Gasteiger partial charge in [-0.3, -0.25) is 14.3 Å². The van der Waals surface area contributed by atoms with E-state index in [1.54, 1.807) is 4.68 Å². The Balaban J connectivity index is 1.31. The molecule has 0 aliphatic carbocycles. The fraction of sp³-hybridized carbons (Fsp3) is 0.240. The zero-order valence-corrected chi connectivity index (χ0v) is 20.9. The van der Waals surface area contributed by atoms with Gasteiger partial charge in [0.2, 0.25) is 5.91 Å². The maximum atomic E-state index is 13.0. The predicted octanol–water partition coefficient (Wildman–Crippen LogP) is 3.37. The van der Waals surface area contributed by atoms with E-state index in [9.17, 15) is 9.59 Å². The van der Waals surface area contributed by atoms with Crippen LogP contribution in [0.5, 0.6) is 0 Å². The van der Waals surface area contributed by atoms with Crippen LogP contribution in [-0.2, 0) is 11.3 Å². The van der Waals surface area contributed by atoms with Gasteiger partial charge in [0.1, 0.15) is 6.54 Å². The molecule has 0 unspecified atom stereocenters. The summed E-state index contributed by atoms with van der Waals surface area (Å²) in [5, 5.41) is 13.9. The molecule has 0 bridgehead atoms. The first kappa shape index (κ1) is 24.3. The van der Waals surface area contributed by atoms with E-state index in [4.69, 9.17) is 4.52 Å². The minimum Gasteiger partial charge on any atom is -0.354 e. The molecular weight excluding hydrogens is 512 g/mol. The predicted molar refractivity (Wildman–Crippen MR) is 133 cm³/mol. The lowest BCUT2D eigenvalue weighted by Crippen LogP contribution is -2.37. The molecule has 0 saturated carbocycles. The molecular formula is C25H25BrN6O3. The Morgan fingerprint density at radius 3 is 2.14 bits per heavy atom. The molecule has 0 spiro atoms. The number of carbonyl (C=O) groups is 2. The van der Waals surface area contributed by atoms with E-state index in [1.165, 1.54) is 0 Å². The first-order chi connectivity index (χ1) is 16.9. The SMILES string of the molecule is Cc1nn(Cc2noc(C(=O)NCCNC(=O)C(c3ccccc3)c3ccccc3)n2)c(C)c1Br. The quantitative estimate of drug-likeness (QED) is 0.317. The first-order valence-corrected chi connectivity index (χ1v) is 11.9. The maximum Gasteiger partial charge on any atom is 0.316 e. The second-order valence-corrected chi connectivity index (χ2v) is 8.75. The summed E-state index contributed by atoms with van der Waals surface area (Å²) in [4.78, 5) is 29.6. The number of benzene rings is 2. The molecule has 35 heavy (non-hydrogen) atoms. The van der Waals surface area contributed by atoms with Crippen LogP contribution in [0.4, 0.5) is 0 Å². The molecule has 180 valence electrons. The largest absolute Gasteiger partial charge is 0.354 e. The zero-order valence-electron chi connectivity index (χ0n) is 19.4. The molecule has 2 aromatic heterocycles. The fourth-order valence-corrected chi connectivity index (χ4v) is 3.98. The number of aryl methyl sites for hydroxylation is 1. The minimum atomic E-state index is -0.504. The van der Waals surface area contributed by atoms with Gasteiger partial charge in [-0.15, -0.1) is 0 Å².